The van der Waals surface area contributed by atoms with Gasteiger partial charge in [-0.25, -0.2) is 0 Å². The van der Waals surface area contributed by atoms with E-state index in [0.29, 0.717) is 18.5 Å². The van der Waals surface area contributed by atoms with Gasteiger partial charge in [-0.15, -0.1) is 0 Å². The molecule has 0 spiro atoms. The average Bonchev–Trinajstić information content (AvgIpc) is 2.94. The predicted octanol–water partition coefficient (Wildman–Crippen LogP) is 5.94. The Hall–Kier alpha value is -2.04. The van der Waals surface area contributed by atoms with Crippen LogP contribution in [0.15, 0.2) is 41.5 Å². The molecule has 0 saturated heterocycles. The molecular formula is C19H23F3N2. The summed E-state index contributed by atoms with van der Waals surface area (Å²) in [5, 5.41) is 0.833. The lowest BCUT2D eigenvalue weighted by atomic mass is 10.1. The zero-order valence-corrected chi connectivity index (χ0v) is 14.1. The van der Waals surface area contributed by atoms with E-state index >= 15 is 0 Å². The number of aromatic nitrogens is 1. The van der Waals surface area contributed by atoms with E-state index in [9.17, 15) is 13.2 Å². The van der Waals surface area contributed by atoms with Crippen molar-refractivity contribution >= 4 is 16.6 Å². The van der Waals surface area contributed by atoms with Gasteiger partial charge >= 0.3 is 6.18 Å². The zero-order valence-electron chi connectivity index (χ0n) is 14.1. The van der Waals surface area contributed by atoms with Crippen LogP contribution < -0.4 is 0 Å². The summed E-state index contributed by atoms with van der Waals surface area (Å²) in [7, 11) is 0. The third-order valence-electron chi connectivity index (χ3n) is 3.94. The lowest BCUT2D eigenvalue weighted by molar-refractivity contribution is -0.137. The normalized spacial score (nSPS) is 13.3. The van der Waals surface area contributed by atoms with E-state index in [1.54, 1.807) is 6.20 Å². The number of alkyl halides is 3. The molecular weight excluding hydrogens is 313 g/mol. The second kappa shape index (κ2) is 8.18. The minimum absolute atomic E-state index is 0.517. The van der Waals surface area contributed by atoms with Crippen molar-refractivity contribution in [2.45, 2.75) is 45.7 Å². The maximum absolute atomic E-state index is 12.8. The number of nitrogens with one attached hydrogen (secondary N) is 1. The predicted molar refractivity (Wildman–Crippen MR) is 93.6 cm³/mol. The van der Waals surface area contributed by atoms with E-state index in [1.807, 2.05) is 19.1 Å². The fraction of sp³-hybridized carbons (Fsp3) is 0.421. The maximum atomic E-state index is 12.8. The summed E-state index contributed by atoms with van der Waals surface area (Å²) in [6.07, 6.45) is 5.38. The van der Waals surface area contributed by atoms with Gasteiger partial charge in [0.1, 0.15) is 0 Å². The van der Waals surface area contributed by atoms with Gasteiger partial charge in [0.05, 0.1) is 5.56 Å². The molecule has 0 aliphatic carbocycles. The molecule has 1 heterocycles. The number of hydrogen-bond donors (Lipinski definition) is 1. The van der Waals surface area contributed by atoms with Gasteiger partial charge in [0.15, 0.2) is 0 Å². The Morgan fingerprint density at radius 1 is 1.29 bits per heavy atom. The van der Waals surface area contributed by atoms with Gasteiger partial charge in [-0.05, 0) is 50.0 Å². The van der Waals surface area contributed by atoms with E-state index in [1.165, 1.54) is 6.07 Å². The average molecular weight is 336 g/mol. The van der Waals surface area contributed by atoms with Gasteiger partial charge < -0.3 is 4.98 Å². The summed E-state index contributed by atoms with van der Waals surface area (Å²) in [5.74, 6) is 0. The minimum Gasteiger partial charge on any atom is -0.361 e. The molecule has 0 aliphatic heterocycles. The van der Waals surface area contributed by atoms with Crippen molar-refractivity contribution in [1.82, 2.24) is 4.98 Å². The number of H-pyrrole nitrogens is 1. The van der Waals surface area contributed by atoms with E-state index in [0.717, 1.165) is 48.1 Å². The number of rotatable bonds is 7. The molecule has 0 saturated carbocycles. The molecule has 0 unspecified atom stereocenters. The molecule has 130 valence electrons. The highest BCUT2D eigenvalue weighted by atomic mass is 19.4. The molecule has 0 radical (unpaired) electrons. The first kappa shape index (κ1) is 18.3. The van der Waals surface area contributed by atoms with Crippen LogP contribution in [0.5, 0.6) is 0 Å². The summed E-state index contributed by atoms with van der Waals surface area (Å²) in [6.45, 7) is 4.76. The lowest BCUT2D eigenvalue weighted by Gasteiger charge is -2.06. The highest BCUT2D eigenvalue weighted by Gasteiger charge is 2.30. The zero-order chi connectivity index (χ0) is 17.6. The van der Waals surface area contributed by atoms with Crippen molar-refractivity contribution in [3.63, 3.8) is 0 Å². The van der Waals surface area contributed by atoms with Gasteiger partial charge in [-0.2, -0.15) is 13.2 Å². The van der Waals surface area contributed by atoms with Crippen LogP contribution >= 0.6 is 0 Å². The number of aliphatic imine (C=N–C) groups is 1. The third kappa shape index (κ3) is 4.73. The topological polar surface area (TPSA) is 28.1 Å². The third-order valence-corrected chi connectivity index (χ3v) is 3.94. The van der Waals surface area contributed by atoms with E-state index in [4.69, 9.17) is 0 Å². The van der Waals surface area contributed by atoms with Crippen LogP contribution in [-0.4, -0.2) is 17.2 Å². The van der Waals surface area contributed by atoms with Gasteiger partial charge in [0.25, 0.3) is 0 Å². The Morgan fingerprint density at radius 2 is 2.08 bits per heavy atom. The number of fused-ring (bicyclic) bond motifs is 1. The number of halogens is 3. The minimum atomic E-state index is -4.32. The van der Waals surface area contributed by atoms with Crippen molar-refractivity contribution < 1.29 is 13.2 Å². The van der Waals surface area contributed by atoms with Gasteiger partial charge in [0.2, 0.25) is 0 Å². The van der Waals surface area contributed by atoms with Crippen molar-refractivity contribution in [1.29, 1.82) is 0 Å². The molecule has 1 N–H and O–H groups in total. The van der Waals surface area contributed by atoms with Gasteiger partial charge in [0, 0.05) is 29.4 Å². The Labute approximate surface area is 140 Å². The Kier molecular flexibility index (Phi) is 6.23. The summed E-state index contributed by atoms with van der Waals surface area (Å²) >= 11 is 0. The van der Waals surface area contributed by atoms with Crippen LogP contribution in [0.4, 0.5) is 13.2 Å². The fourth-order valence-electron chi connectivity index (χ4n) is 2.65. The van der Waals surface area contributed by atoms with Crippen LogP contribution in [0.1, 0.15) is 44.2 Å². The Bertz CT molecular complexity index is 724. The van der Waals surface area contributed by atoms with Gasteiger partial charge in [-0.1, -0.05) is 25.5 Å². The Balaban J connectivity index is 2.10. The fourth-order valence-corrected chi connectivity index (χ4v) is 2.65. The largest absolute Gasteiger partial charge is 0.416 e. The molecule has 0 aliphatic rings. The highest BCUT2D eigenvalue weighted by Crippen LogP contribution is 2.32. The molecule has 2 rings (SSSR count). The summed E-state index contributed by atoms with van der Waals surface area (Å²) in [6, 6.07) is 3.84. The Morgan fingerprint density at radius 3 is 2.75 bits per heavy atom. The number of aromatic amines is 1. The quantitative estimate of drug-likeness (QED) is 0.606. The van der Waals surface area contributed by atoms with Crippen molar-refractivity contribution in [3.05, 3.63) is 47.7 Å². The number of allylic oxidation sites excluding steroid dienone is 2. The van der Waals surface area contributed by atoms with Crippen LogP contribution in [0.3, 0.4) is 0 Å². The molecule has 0 amide bonds. The molecule has 0 bridgehead atoms. The van der Waals surface area contributed by atoms with Crippen molar-refractivity contribution in [3.8, 4) is 0 Å². The summed E-state index contributed by atoms with van der Waals surface area (Å²) in [5.41, 5.74) is 1.97. The lowest BCUT2D eigenvalue weighted by Crippen LogP contribution is -2.04. The van der Waals surface area contributed by atoms with E-state index in [2.05, 4.69) is 16.9 Å². The van der Waals surface area contributed by atoms with Crippen LogP contribution in [-0.2, 0) is 12.6 Å². The number of unbranched alkanes of at least 4 members (excludes halogenated alkanes) is 1. The number of nitrogens with zero attached hydrogens (tertiary/aromatic N) is 1. The van der Waals surface area contributed by atoms with E-state index in [-0.39, 0.29) is 0 Å². The maximum Gasteiger partial charge on any atom is 0.416 e. The molecule has 2 nitrogen and oxygen atoms in total. The molecule has 2 aromatic rings. The first-order valence-corrected chi connectivity index (χ1v) is 8.29. The molecule has 1 aromatic heterocycles. The smallest absolute Gasteiger partial charge is 0.361 e. The van der Waals surface area contributed by atoms with Crippen molar-refractivity contribution in [2.24, 2.45) is 4.99 Å². The molecule has 5 heteroatoms. The number of hydrogen-bond acceptors (Lipinski definition) is 1. The summed E-state index contributed by atoms with van der Waals surface area (Å²) in [4.78, 5) is 7.56. The monoisotopic (exact) mass is 336 g/mol. The standard InChI is InChI=1S/C19H23F3N2/c1-3-5-7-16(6-4-2)23-11-10-14-13-24-18-12-15(19(20,21)22)8-9-17(14)18/h4,6,8-9,12-13,24H,3,5,7,10-11H2,1-2H3/b6-4-,23-16?. The summed E-state index contributed by atoms with van der Waals surface area (Å²) < 4.78 is 38.3. The van der Waals surface area contributed by atoms with Crippen molar-refractivity contribution in [2.75, 3.05) is 6.54 Å². The van der Waals surface area contributed by atoms with Crippen LogP contribution in [0, 0.1) is 0 Å². The van der Waals surface area contributed by atoms with Crippen LogP contribution in [0.2, 0.25) is 0 Å². The first-order valence-electron chi connectivity index (χ1n) is 8.29. The first-order chi connectivity index (χ1) is 11.5. The van der Waals surface area contributed by atoms with Gasteiger partial charge in [-0.3, -0.25) is 4.99 Å². The van der Waals surface area contributed by atoms with Crippen LogP contribution in [0.25, 0.3) is 10.9 Å². The molecule has 24 heavy (non-hydrogen) atoms. The SMILES string of the molecule is C/C=C\C(CCCC)=NCCc1c[nH]c2cc(C(F)(F)F)ccc12. The highest BCUT2D eigenvalue weighted by molar-refractivity contribution is 5.94. The molecule has 1 aromatic carbocycles. The molecule has 0 fully saturated rings. The number of benzene rings is 1. The molecule has 0 atom stereocenters. The second-order valence-electron chi connectivity index (χ2n) is 5.80. The second-order valence-corrected chi connectivity index (χ2v) is 5.80. The van der Waals surface area contributed by atoms with E-state index < -0.39 is 11.7 Å².